The second kappa shape index (κ2) is 7.50. The Bertz CT molecular complexity index is 640. The van der Waals surface area contributed by atoms with Crippen LogP contribution in [0.25, 0.3) is 0 Å². The molecule has 0 aliphatic heterocycles. The molecule has 118 valence electrons. The lowest BCUT2D eigenvalue weighted by molar-refractivity contribution is -0.137. The number of nitrogens with zero attached hydrogens (tertiary/aromatic N) is 3. The molecule has 0 fully saturated rings. The molecule has 22 heavy (non-hydrogen) atoms. The molecule has 2 rings (SSSR count). The Labute approximate surface area is 130 Å². The van der Waals surface area contributed by atoms with Gasteiger partial charge in [-0.15, -0.1) is 10.2 Å². The van der Waals surface area contributed by atoms with Crippen molar-refractivity contribution in [1.82, 2.24) is 20.1 Å². The highest BCUT2D eigenvalue weighted by Gasteiger charge is 2.15. The van der Waals surface area contributed by atoms with Crippen molar-refractivity contribution in [2.24, 2.45) is 0 Å². The highest BCUT2D eigenvalue weighted by Crippen LogP contribution is 2.18. The zero-order chi connectivity index (χ0) is 15.9. The fourth-order valence-electron chi connectivity index (χ4n) is 1.54. The van der Waals surface area contributed by atoms with Crippen LogP contribution >= 0.6 is 11.8 Å². The van der Waals surface area contributed by atoms with Crippen molar-refractivity contribution in [2.75, 3.05) is 18.6 Å². The number of thioether (sulfide) groups is 1. The molecule has 0 spiro atoms. The number of methoxy groups -OCH3 is 1. The summed E-state index contributed by atoms with van der Waals surface area (Å²) in [5.74, 6) is 0.122. The van der Waals surface area contributed by atoms with Crippen LogP contribution in [0.4, 0.5) is 5.95 Å². The SMILES string of the molecule is COC(=O)CSc1nnc(N)n1CC(=O)NCc1ccco1. The predicted molar refractivity (Wildman–Crippen MR) is 77.7 cm³/mol. The first kappa shape index (κ1) is 15.9. The first-order valence-corrected chi connectivity index (χ1v) is 7.26. The molecule has 2 aromatic heterocycles. The minimum atomic E-state index is -0.402. The van der Waals surface area contributed by atoms with E-state index < -0.39 is 5.97 Å². The normalized spacial score (nSPS) is 10.4. The summed E-state index contributed by atoms with van der Waals surface area (Å²) in [6.07, 6.45) is 1.53. The molecule has 2 aromatic rings. The third-order valence-electron chi connectivity index (χ3n) is 2.63. The Kier molecular flexibility index (Phi) is 5.42. The summed E-state index contributed by atoms with van der Waals surface area (Å²) >= 11 is 1.09. The maximum Gasteiger partial charge on any atom is 0.316 e. The summed E-state index contributed by atoms with van der Waals surface area (Å²) in [6.45, 7) is 0.224. The summed E-state index contributed by atoms with van der Waals surface area (Å²) in [7, 11) is 1.30. The topological polar surface area (TPSA) is 125 Å². The van der Waals surface area contributed by atoms with E-state index in [2.05, 4.69) is 20.3 Å². The quantitative estimate of drug-likeness (QED) is 0.539. The van der Waals surface area contributed by atoms with Crippen LogP contribution in [-0.4, -0.2) is 39.5 Å². The van der Waals surface area contributed by atoms with Gasteiger partial charge in [-0.3, -0.25) is 14.2 Å². The first-order chi connectivity index (χ1) is 10.6. The van der Waals surface area contributed by atoms with Gasteiger partial charge in [0, 0.05) is 0 Å². The molecule has 0 aliphatic rings. The molecule has 0 aromatic carbocycles. The first-order valence-electron chi connectivity index (χ1n) is 6.27. The Morgan fingerprint density at radius 2 is 2.32 bits per heavy atom. The predicted octanol–water partition coefficient (Wildman–Crippen LogP) is 0.0348. The molecular weight excluding hydrogens is 310 g/mol. The zero-order valence-electron chi connectivity index (χ0n) is 11.8. The average Bonchev–Trinajstić information content (AvgIpc) is 3.14. The number of nitrogens with two attached hydrogens (primary N) is 1. The average molecular weight is 325 g/mol. The van der Waals surface area contributed by atoms with E-state index in [9.17, 15) is 9.59 Å². The smallest absolute Gasteiger partial charge is 0.316 e. The molecule has 0 bridgehead atoms. The lowest BCUT2D eigenvalue weighted by Gasteiger charge is -2.08. The molecule has 0 saturated carbocycles. The van der Waals surface area contributed by atoms with Crippen LogP contribution in [0.5, 0.6) is 0 Å². The number of aromatic nitrogens is 3. The van der Waals surface area contributed by atoms with Crippen LogP contribution < -0.4 is 11.1 Å². The number of carbonyl (C=O) groups excluding carboxylic acids is 2. The molecule has 0 aliphatic carbocycles. The third kappa shape index (κ3) is 4.25. The van der Waals surface area contributed by atoms with Crippen molar-refractivity contribution in [3.63, 3.8) is 0 Å². The second-order valence-corrected chi connectivity index (χ2v) is 5.09. The lowest BCUT2D eigenvalue weighted by Crippen LogP contribution is -2.27. The number of ether oxygens (including phenoxy) is 1. The van der Waals surface area contributed by atoms with Crippen LogP contribution in [0.15, 0.2) is 28.0 Å². The molecule has 0 saturated heterocycles. The summed E-state index contributed by atoms with van der Waals surface area (Å²) in [5, 5.41) is 10.6. The number of hydrogen-bond acceptors (Lipinski definition) is 8. The van der Waals surface area contributed by atoms with E-state index in [0.717, 1.165) is 11.8 Å². The fraction of sp³-hybridized carbons (Fsp3) is 0.333. The largest absolute Gasteiger partial charge is 0.468 e. The minimum Gasteiger partial charge on any atom is -0.468 e. The number of nitrogen functional groups attached to an aromatic ring is 1. The van der Waals surface area contributed by atoms with Gasteiger partial charge in [0.05, 0.1) is 25.7 Å². The highest BCUT2D eigenvalue weighted by molar-refractivity contribution is 7.99. The Morgan fingerprint density at radius 3 is 3.00 bits per heavy atom. The van der Waals surface area contributed by atoms with Gasteiger partial charge in [0.15, 0.2) is 5.16 Å². The summed E-state index contributed by atoms with van der Waals surface area (Å²) in [4.78, 5) is 23.1. The Balaban J connectivity index is 1.92. The van der Waals surface area contributed by atoms with Crippen molar-refractivity contribution >= 4 is 29.6 Å². The molecular formula is C12H15N5O4S. The van der Waals surface area contributed by atoms with E-state index in [1.165, 1.54) is 17.9 Å². The van der Waals surface area contributed by atoms with Crippen molar-refractivity contribution in [1.29, 1.82) is 0 Å². The number of furan rings is 1. The number of carbonyl (C=O) groups is 2. The number of hydrogen-bond donors (Lipinski definition) is 2. The number of nitrogens with one attached hydrogen (secondary N) is 1. The summed E-state index contributed by atoms with van der Waals surface area (Å²) in [6, 6.07) is 3.49. The Hall–Kier alpha value is -2.49. The standard InChI is InChI=1S/C12H15N5O4S/c1-20-10(19)7-22-12-16-15-11(13)17(12)6-9(18)14-5-8-3-2-4-21-8/h2-4H,5-7H2,1H3,(H2,13,15)(H,14,18). The van der Waals surface area contributed by atoms with E-state index in [4.69, 9.17) is 10.2 Å². The van der Waals surface area contributed by atoms with Crippen LogP contribution in [0, 0.1) is 0 Å². The number of rotatable bonds is 7. The molecule has 1 amide bonds. The number of anilines is 1. The molecule has 2 heterocycles. The highest BCUT2D eigenvalue weighted by atomic mass is 32.2. The second-order valence-electron chi connectivity index (χ2n) is 4.15. The van der Waals surface area contributed by atoms with Gasteiger partial charge in [0.1, 0.15) is 12.3 Å². The van der Waals surface area contributed by atoms with Crippen LogP contribution in [0.1, 0.15) is 5.76 Å². The monoisotopic (exact) mass is 325 g/mol. The minimum absolute atomic E-state index is 0.0525. The maximum atomic E-state index is 11.9. The zero-order valence-corrected chi connectivity index (χ0v) is 12.6. The van der Waals surface area contributed by atoms with Crippen LogP contribution in [0.3, 0.4) is 0 Å². The summed E-state index contributed by atoms with van der Waals surface area (Å²) < 4.78 is 11.1. The third-order valence-corrected chi connectivity index (χ3v) is 3.57. The number of esters is 1. The molecule has 10 heteroatoms. The fourth-order valence-corrected chi connectivity index (χ4v) is 2.31. The molecule has 3 N–H and O–H groups in total. The van der Waals surface area contributed by atoms with Gasteiger partial charge in [-0.2, -0.15) is 0 Å². The number of amides is 1. The van der Waals surface area contributed by atoms with Crippen molar-refractivity contribution in [2.45, 2.75) is 18.2 Å². The van der Waals surface area contributed by atoms with Crippen molar-refractivity contribution < 1.29 is 18.7 Å². The van der Waals surface area contributed by atoms with E-state index >= 15 is 0 Å². The van der Waals surface area contributed by atoms with Crippen molar-refractivity contribution in [3.8, 4) is 0 Å². The van der Waals surface area contributed by atoms with Crippen molar-refractivity contribution in [3.05, 3.63) is 24.2 Å². The van der Waals surface area contributed by atoms with Gasteiger partial charge in [0.2, 0.25) is 11.9 Å². The van der Waals surface area contributed by atoms with E-state index in [1.807, 2.05) is 0 Å². The van der Waals surface area contributed by atoms with Gasteiger partial charge >= 0.3 is 5.97 Å². The lowest BCUT2D eigenvalue weighted by atomic mass is 10.4. The molecule has 0 unspecified atom stereocenters. The van der Waals surface area contributed by atoms with Gasteiger partial charge in [-0.1, -0.05) is 11.8 Å². The van der Waals surface area contributed by atoms with E-state index in [-0.39, 0.29) is 30.7 Å². The molecule has 9 nitrogen and oxygen atoms in total. The van der Waals surface area contributed by atoms with Gasteiger partial charge < -0.3 is 20.2 Å². The Morgan fingerprint density at radius 1 is 1.50 bits per heavy atom. The molecule has 0 atom stereocenters. The van der Waals surface area contributed by atoms with Gasteiger partial charge in [-0.05, 0) is 12.1 Å². The van der Waals surface area contributed by atoms with Crippen LogP contribution in [-0.2, 0) is 27.4 Å². The summed E-state index contributed by atoms with van der Waals surface area (Å²) in [5.41, 5.74) is 5.68. The molecule has 0 radical (unpaired) electrons. The van der Waals surface area contributed by atoms with Crippen LogP contribution in [0.2, 0.25) is 0 Å². The van der Waals surface area contributed by atoms with E-state index in [1.54, 1.807) is 12.1 Å². The van der Waals surface area contributed by atoms with Gasteiger partial charge in [0.25, 0.3) is 0 Å². The van der Waals surface area contributed by atoms with E-state index in [0.29, 0.717) is 10.9 Å². The van der Waals surface area contributed by atoms with Gasteiger partial charge in [-0.25, -0.2) is 0 Å². The maximum absolute atomic E-state index is 11.9.